The van der Waals surface area contributed by atoms with Crippen LogP contribution in [0.2, 0.25) is 0 Å². The number of hydrogen-bond donors (Lipinski definition) is 0. The van der Waals surface area contributed by atoms with Crippen molar-refractivity contribution in [2.24, 2.45) is 0 Å². The second-order valence-corrected chi connectivity index (χ2v) is 5.53. The predicted molar refractivity (Wildman–Crippen MR) is 86.0 cm³/mol. The van der Waals surface area contributed by atoms with Crippen LogP contribution in [0.3, 0.4) is 0 Å². The van der Waals surface area contributed by atoms with Crippen molar-refractivity contribution in [1.82, 2.24) is 0 Å². The van der Waals surface area contributed by atoms with Crippen LogP contribution in [0.5, 0.6) is 5.75 Å². The molecule has 21 heavy (non-hydrogen) atoms. The summed E-state index contributed by atoms with van der Waals surface area (Å²) >= 11 is 1.44. The van der Waals surface area contributed by atoms with Crippen LogP contribution >= 0.6 is 11.3 Å². The standard InChI is InChI=1S/C18H14O2S/c19-17(18-7-4-12-21-18)13-20-16-10-8-15(9-11-16)14-5-2-1-3-6-14/h1-12H,13H2. The van der Waals surface area contributed by atoms with Crippen molar-refractivity contribution in [3.05, 3.63) is 77.0 Å². The van der Waals surface area contributed by atoms with E-state index >= 15 is 0 Å². The quantitative estimate of drug-likeness (QED) is 0.639. The molecule has 0 aliphatic heterocycles. The molecular weight excluding hydrogens is 280 g/mol. The average molecular weight is 294 g/mol. The summed E-state index contributed by atoms with van der Waals surface area (Å²) in [7, 11) is 0. The van der Waals surface area contributed by atoms with Gasteiger partial charge in [-0.05, 0) is 34.7 Å². The van der Waals surface area contributed by atoms with Crippen LogP contribution in [0, 0.1) is 0 Å². The van der Waals surface area contributed by atoms with Gasteiger partial charge < -0.3 is 4.74 Å². The summed E-state index contributed by atoms with van der Waals surface area (Å²) in [5, 5.41) is 1.89. The van der Waals surface area contributed by atoms with E-state index in [0.29, 0.717) is 5.75 Å². The summed E-state index contributed by atoms with van der Waals surface area (Å²) < 4.78 is 5.54. The number of rotatable bonds is 5. The van der Waals surface area contributed by atoms with Gasteiger partial charge in [0.25, 0.3) is 0 Å². The van der Waals surface area contributed by atoms with E-state index in [1.165, 1.54) is 16.9 Å². The molecule has 0 N–H and O–H groups in total. The van der Waals surface area contributed by atoms with Gasteiger partial charge in [-0.2, -0.15) is 0 Å². The Morgan fingerprint density at radius 2 is 1.57 bits per heavy atom. The summed E-state index contributed by atoms with van der Waals surface area (Å²) in [6.07, 6.45) is 0. The fourth-order valence-electron chi connectivity index (χ4n) is 2.03. The highest BCUT2D eigenvalue weighted by Gasteiger charge is 2.07. The molecule has 2 nitrogen and oxygen atoms in total. The molecule has 0 aliphatic rings. The van der Waals surface area contributed by atoms with Gasteiger partial charge in [0.1, 0.15) is 5.75 Å². The van der Waals surface area contributed by atoms with Crippen LogP contribution in [0.1, 0.15) is 9.67 Å². The van der Waals surface area contributed by atoms with Crippen LogP contribution < -0.4 is 4.74 Å². The Bertz CT molecular complexity index is 701. The Labute approximate surface area is 127 Å². The van der Waals surface area contributed by atoms with Gasteiger partial charge >= 0.3 is 0 Å². The van der Waals surface area contributed by atoms with Crippen molar-refractivity contribution in [1.29, 1.82) is 0 Å². The first-order valence-electron chi connectivity index (χ1n) is 6.68. The molecule has 0 radical (unpaired) electrons. The normalized spacial score (nSPS) is 10.3. The molecule has 0 bridgehead atoms. The van der Waals surface area contributed by atoms with Crippen LogP contribution in [0.25, 0.3) is 11.1 Å². The van der Waals surface area contributed by atoms with Crippen molar-refractivity contribution < 1.29 is 9.53 Å². The highest BCUT2D eigenvalue weighted by Crippen LogP contribution is 2.22. The molecule has 0 atom stereocenters. The van der Waals surface area contributed by atoms with E-state index < -0.39 is 0 Å². The van der Waals surface area contributed by atoms with E-state index in [9.17, 15) is 4.79 Å². The van der Waals surface area contributed by atoms with Crippen molar-refractivity contribution >= 4 is 17.1 Å². The number of ketones is 1. The first kappa shape index (κ1) is 13.6. The largest absolute Gasteiger partial charge is 0.485 e. The van der Waals surface area contributed by atoms with Crippen molar-refractivity contribution in [3.63, 3.8) is 0 Å². The minimum Gasteiger partial charge on any atom is -0.485 e. The summed E-state index contributed by atoms with van der Waals surface area (Å²) in [6, 6.07) is 21.6. The third-order valence-electron chi connectivity index (χ3n) is 3.13. The third kappa shape index (κ3) is 3.38. The number of ether oxygens (including phenoxy) is 1. The molecule has 3 aromatic rings. The molecule has 1 heterocycles. The Hall–Kier alpha value is -2.39. The van der Waals surface area contributed by atoms with E-state index in [2.05, 4.69) is 12.1 Å². The fourth-order valence-corrected chi connectivity index (χ4v) is 2.68. The van der Waals surface area contributed by atoms with Crippen LogP contribution in [0.4, 0.5) is 0 Å². The van der Waals surface area contributed by atoms with Crippen LogP contribution in [-0.2, 0) is 0 Å². The van der Waals surface area contributed by atoms with Gasteiger partial charge in [0.15, 0.2) is 6.61 Å². The molecule has 0 spiro atoms. The van der Waals surface area contributed by atoms with Gasteiger partial charge in [-0.1, -0.05) is 48.5 Å². The lowest BCUT2D eigenvalue weighted by Crippen LogP contribution is -2.09. The molecule has 0 saturated carbocycles. The zero-order valence-corrected chi connectivity index (χ0v) is 12.2. The first-order chi connectivity index (χ1) is 10.3. The second kappa shape index (κ2) is 6.37. The third-order valence-corrected chi connectivity index (χ3v) is 4.04. The highest BCUT2D eigenvalue weighted by molar-refractivity contribution is 7.12. The number of hydrogen-bond acceptors (Lipinski definition) is 3. The van der Waals surface area contributed by atoms with Crippen molar-refractivity contribution in [2.45, 2.75) is 0 Å². The lowest BCUT2D eigenvalue weighted by molar-refractivity contribution is 0.0925. The highest BCUT2D eigenvalue weighted by atomic mass is 32.1. The number of carbonyl (C=O) groups excluding carboxylic acids is 1. The molecule has 2 aromatic carbocycles. The smallest absolute Gasteiger partial charge is 0.210 e. The maximum Gasteiger partial charge on any atom is 0.210 e. The molecule has 3 heteroatoms. The van der Waals surface area contributed by atoms with Crippen LogP contribution in [0.15, 0.2) is 72.1 Å². The van der Waals surface area contributed by atoms with Crippen LogP contribution in [-0.4, -0.2) is 12.4 Å². The van der Waals surface area contributed by atoms with Gasteiger partial charge in [0.05, 0.1) is 4.88 Å². The molecular formula is C18H14O2S. The number of benzene rings is 2. The number of thiophene rings is 1. The minimum atomic E-state index is 0.0112. The summed E-state index contributed by atoms with van der Waals surface area (Å²) in [5.41, 5.74) is 2.30. The van der Waals surface area contributed by atoms with Gasteiger partial charge in [-0.3, -0.25) is 4.79 Å². The van der Waals surface area contributed by atoms with E-state index in [0.717, 1.165) is 10.4 Å². The Morgan fingerprint density at radius 3 is 2.24 bits per heavy atom. The zero-order valence-electron chi connectivity index (χ0n) is 11.4. The zero-order chi connectivity index (χ0) is 14.5. The predicted octanol–water partition coefficient (Wildman–Crippen LogP) is 4.68. The lowest BCUT2D eigenvalue weighted by Gasteiger charge is -2.06. The van der Waals surface area contributed by atoms with Crippen molar-refractivity contribution in [2.75, 3.05) is 6.61 Å². The van der Waals surface area contributed by atoms with E-state index in [1.54, 1.807) is 0 Å². The van der Waals surface area contributed by atoms with Crippen molar-refractivity contribution in [3.8, 4) is 16.9 Å². The molecule has 0 fully saturated rings. The molecule has 1 aromatic heterocycles. The van der Waals surface area contributed by atoms with Gasteiger partial charge in [-0.15, -0.1) is 11.3 Å². The molecule has 0 amide bonds. The number of Topliss-reactive ketones (excluding diaryl/α,β-unsaturated/α-hetero) is 1. The maximum atomic E-state index is 11.9. The average Bonchev–Trinajstić information content (AvgIpc) is 3.08. The van der Waals surface area contributed by atoms with Gasteiger partial charge in [0.2, 0.25) is 5.78 Å². The molecule has 0 unspecified atom stereocenters. The Kier molecular flexibility index (Phi) is 4.12. The maximum absolute atomic E-state index is 11.9. The molecule has 0 saturated heterocycles. The summed E-state index contributed by atoms with van der Waals surface area (Å²) in [5.74, 6) is 0.719. The number of carbonyl (C=O) groups is 1. The molecule has 104 valence electrons. The summed E-state index contributed by atoms with van der Waals surface area (Å²) in [6.45, 7) is 0.0746. The first-order valence-corrected chi connectivity index (χ1v) is 7.56. The van der Waals surface area contributed by atoms with Gasteiger partial charge in [-0.25, -0.2) is 0 Å². The molecule has 3 rings (SSSR count). The van der Waals surface area contributed by atoms with Gasteiger partial charge in [0, 0.05) is 0 Å². The second-order valence-electron chi connectivity index (χ2n) is 4.58. The van der Waals surface area contributed by atoms with E-state index in [-0.39, 0.29) is 12.4 Å². The minimum absolute atomic E-state index is 0.0112. The Balaban J connectivity index is 1.64. The topological polar surface area (TPSA) is 26.3 Å². The Morgan fingerprint density at radius 1 is 0.857 bits per heavy atom. The SMILES string of the molecule is O=C(COc1ccc(-c2ccccc2)cc1)c1cccs1. The van der Waals surface area contributed by atoms with E-state index in [1.807, 2.05) is 60.0 Å². The fraction of sp³-hybridized carbons (Fsp3) is 0.0556. The molecule has 0 aliphatic carbocycles. The summed E-state index contributed by atoms with van der Waals surface area (Å²) in [4.78, 5) is 12.6. The lowest BCUT2D eigenvalue weighted by atomic mass is 10.1. The van der Waals surface area contributed by atoms with E-state index in [4.69, 9.17) is 4.74 Å². The monoisotopic (exact) mass is 294 g/mol.